The highest BCUT2D eigenvalue weighted by Gasteiger charge is 2.24. The summed E-state index contributed by atoms with van der Waals surface area (Å²) in [5, 5.41) is 3.23. The van der Waals surface area contributed by atoms with Gasteiger partial charge in [0.05, 0.1) is 19.8 Å². The lowest BCUT2D eigenvalue weighted by Gasteiger charge is -2.13. The maximum absolute atomic E-state index is 13.4. The second-order valence-corrected chi connectivity index (χ2v) is 8.94. The number of hydrogen-bond donors (Lipinski definition) is 2. The van der Waals surface area contributed by atoms with Gasteiger partial charge in [0.25, 0.3) is 17.1 Å². The number of amides is 1. The Balaban J connectivity index is 1.75. The average molecular weight is 491 g/mol. The molecule has 9 heteroatoms. The van der Waals surface area contributed by atoms with Crippen LogP contribution in [0.4, 0.5) is 5.82 Å². The number of carbonyl (C=O) groups is 1. The lowest BCUT2D eigenvalue weighted by molar-refractivity contribution is -0.659. The van der Waals surface area contributed by atoms with E-state index in [2.05, 4.69) is 5.32 Å². The Bertz CT molecular complexity index is 1460. The first kappa shape index (κ1) is 25.1. The summed E-state index contributed by atoms with van der Waals surface area (Å²) in [7, 11) is 1.60. The molecule has 1 aromatic carbocycles. The van der Waals surface area contributed by atoms with Crippen molar-refractivity contribution in [1.82, 2.24) is 14.7 Å². The predicted molar refractivity (Wildman–Crippen MR) is 138 cm³/mol. The zero-order chi connectivity index (χ0) is 25.8. The van der Waals surface area contributed by atoms with Crippen molar-refractivity contribution >= 4 is 28.4 Å². The Kier molecular flexibility index (Phi) is 7.49. The number of nitrogens with zero attached hydrogens (tertiary/aromatic N) is 3. The number of rotatable bonds is 9. The van der Waals surface area contributed by atoms with Crippen LogP contribution in [0.2, 0.25) is 0 Å². The van der Waals surface area contributed by atoms with Crippen molar-refractivity contribution in [3.8, 4) is 5.75 Å². The highest BCUT2D eigenvalue weighted by molar-refractivity contribution is 6.00. The van der Waals surface area contributed by atoms with Crippen molar-refractivity contribution < 1.29 is 18.8 Å². The molecule has 0 unspecified atom stereocenters. The van der Waals surface area contributed by atoms with E-state index in [0.717, 1.165) is 16.9 Å². The lowest BCUT2D eigenvalue weighted by Crippen LogP contribution is -2.43. The molecule has 0 saturated heterocycles. The standard InChI is InChI=1S/C27H31N5O4/c1-17(2)36-14-6-13-31-23(28)21(26(33)29-16-19-8-10-20(35-4)11-9-19)15-22-25(31)30-24-18(3)7-5-12-32(24)27(22)34/h5,7-12,15,17,28H,6,13-14,16H2,1-4H3,(H,29,33)/p+1. The van der Waals surface area contributed by atoms with Crippen molar-refractivity contribution in [2.75, 3.05) is 19.5 Å². The van der Waals surface area contributed by atoms with Crippen molar-refractivity contribution in [1.29, 1.82) is 0 Å². The van der Waals surface area contributed by atoms with E-state index in [1.54, 1.807) is 30.0 Å². The molecule has 4 rings (SSSR count). The number of nitrogens with two attached hydrogens (primary N) is 1. The van der Waals surface area contributed by atoms with Crippen molar-refractivity contribution in [2.45, 2.75) is 46.4 Å². The summed E-state index contributed by atoms with van der Waals surface area (Å²) in [4.78, 5) is 31.4. The van der Waals surface area contributed by atoms with Gasteiger partial charge in [-0.3, -0.25) is 14.0 Å². The van der Waals surface area contributed by atoms with Crippen LogP contribution >= 0.6 is 0 Å². The molecule has 3 heterocycles. The third kappa shape index (κ3) is 5.16. The number of fused-ring (bicyclic) bond motifs is 2. The first-order valence-electron chi connectivity index (χ1n) is 12.0. The number of benzene rings is 1. The fraction of sp³-hybridized carbons (Fsp3) is 0.333. The van der Waals surface area contributed by atoms with Gasteiger partial charge in [-0.05, 0) is 50.6 Å². The first-order chi connectivity index (χ1) is 17.3. The molecule has 1 amide bonds. The van der Waals surface area contributed by atoms with E-state index < -0.39 is 0 Å². The molecule has 0 radical (unpaired) electrons. The molecule has 0 aliphatic carbocycles. The summed E-state index contributed by atoms with van der Waals surface area (Å²) < 4.78 is 14.1. The fourth-order valence-electron chi connectivity index (χ4n) is 4.08. The van der Waals surface area contributed by atoms with E-state index in [0.29, 0.717) is 42.8 Å². The van der Waals surface area contributed by atoms with Crippen LogP contribution in [0.15, 0.2) is 53.5 Å². The summed E-state index contributed by atoms with van der Waals surface area (Å²) in [6, 6.07) is 12.7. The maximum atomic E-state index is 13.4. The lowest BCUT2D eigenvalue weighted by atomic mass is 10.1. The van der Waals surface area contributed by atoms with Gasteiger partial charge in [-0.15, -0.1) is 0 Å². The topological polar surface area (TPSA) is 112 Å². The van der Waals surface area contributed by atoms with Crippen LogP contribution in [-0.2, 0) is 17.8 Å². The fourth-order valence-corrected chi connectivity index (χ4v) is 4.08. The van der Waals surface area contributed by atoms with Gasteiger partial charge in [-0.2, -0.15) is 0 Å². The minimum atomic E-state index is -0.369. The molecule has 0 aliphatic heterocycles. The second kappa shape index (κ2) is 10.7. The SMILES string of the molecule is COc1ccc(CNC(=O)c2cc3c(=O)n4cccc(C)c4nc3[n+](CCCOC(C)C)c2N)cc1. The van der Waals surface area contributed by atoms with Crippen LogP contribution < -0.4 is 25.9 Å². The predicted octanol–water partition coefficient (Wildman–Crippen LogP) is 2.78. The van der Waals surface area contributed by atoms with Crippen LogP contribution in [0.5, 0.6) is 5.75 Å². The van der Waals surface area contributed by atoms with Crippen molar-refractivity contribution in [2.24, 2.45) is 0 Å². The molecule has 0 saturated carbocycles. The number of aryl methyl sites for hydroxylation is 2. The number of aromatic nitrogens is 3. The Morgan fingerprint density at radius 1 is 1.22 bits per heavy atom. The summed E-state index contributed by atoms with van der Waals surface area (Å²) >= 11 is 0. The van der Waals surface area contributed by atoms with Gasteiger partial charge >= 0.3 is 0 Å². The average Bonchev–Trinajstić information content (AvgIpc) is 2.87. The van der Waals surface area contributed by atoms with Gasteiger partial charge < -0.3 is 20.5 Å². The van der Waals surface area contributed by atoms with Crippen LogP contribution in [-0.4, -0.2) is 35.1 Å². The van der Waals surface area contributed by atoms with Crippen LogP contribution in [0.1, 0.15) is 41.8 Å². The van der Waals surface area contributed by atoms with Crippen LogP contribution in [0.3, 0.4) is 0 Å². The Hall–Kier alpha value is -3.98. The number of ether oxygens (including phenoxy) is 2. The molecule has 4 aromatic rings. The van der Waals surface area contributed by atoms with Crippen molar-refractivity contribution in [3.63, 3.8) is 0 Å². The van der Waals surface area contributed by atoms with Gasteiger partial charge in [-0.25, -0.2) is 4.57 Å². The largest absolute Gasteiger partial charge is 0.497 e. The Labute approximate surface area is 209 Å². The number of carbonyl (C=O) groups excluding carboxylic acids is 1. The number of anilines is 1. The third-order valence-corrected chi connectivity index (χ3v) is 6.01. The zero-order valence-corrected chi connectivity index (χ0v) is 21.1. The monoisotopic (exact) mass is 490 g/mol. The van der Waals surface area contributed by atoms with E-state index in [9.17, 15) is 9.59 Å². The quantitative estimate of drug-likeness (QED) is 0.212. The van der Waals surface area contributed by atoms with Crippen LogP contribution in [0, 0.1) is 6.92 Å². The number of hydrogen-bond acceptors (Lipinski definition) is 6. The number of methoxy groups -OCH3 is 1. The minimum Gasteiger partial charge on any atom is -0.497 e. The molecule has 3 aromatic heterocycles. The maximum Gasteiger partial charge on any atom is 0.278 e. The normalized spacial score (nSPS) is 11.4. The first-order valence-corrected chi connectivity index (χ1v) is 12.0. The Morgan fingerprint density at radius 2 is 1.97 bits per heavy atom. The highest BCUT2D eigenvalue weighted by Crippen LogP contribution is 2.17. The van der Waals surface area contributed by atoms with Gasteiger partial charge in [0, 0.05) is 31.3 Å². The number of nitrogens with one attached hydrogen (secondary N) is 1. The summed E-state index contributed by atoms with van der Waals surface area (Å²) in [5.74, 6) is 0.622. The number of nitrogen functional groups attached to an aromatic ring is 1. The van der Waals surface area contributed by atoms with Gasteiger partial charge in [0.15, 0.2) is 0 Å². The molecule has 0 atom stereocenters. The van der Waals surface area contributed by atoms with E-state index in [4.69, 9.17) is 20.2 Å². The minimum absolute atomic E-state index is 0.105. The highest BCUT2D eigenvalue weighted by atomic mass is 16.5. The summed E-state index contributed by atoms with van der Waals surface area (Å²) in [5.41, 5.74) is 9.28. The molecule has 0 aliphatic rings. The molecular weight excluding hydrogens is 458 g/mol. The van der Waals surface area contributed by atoms with Gasteiger partial charge in [-0.1, -0.05) is 23.2 Å². The molecule has 9 nitrogen and oxygen atoms in total. The molecule has 0 bridgehead atoms. The zero-order valence-electron chi connectivity index (χ0n) is 21.1. The van der Waals surface area contributed by atoms with Crippen molar-refractivity contribution in [3.05, 3.63) is 75.7 Å². The van der Waals surface area contributed by atoms with Crippen LogP contribution in [0.25, 0.3) is 16.7 Å². The van der Waals surface area contributed by atoms with Gasteiger partial charge in [0.1, 0.15) is 16.7 Å². The van der Waals surface area contributed by atoms with Gasteiger partial charge in [0.2, 0.25) is 11.5 Å². The van der Waals surface area contributed by atoms with E-state index >= 15 is 0 Å². The molecular formula is C27H32N5O4+. The molecule has 0 spiro atoms. The molecule has 188 valence electrons. The third-order valence-electron chi connectivity index (χ3n) is 6.01. The summed E-state index contributed by atoms with van der Waals surface area (Å²) in [6.07, 6.45) is 2.43. The second-order valence-electron chi connectivity index (χ2n) is 8.94. The molecule has 3 N–H and O–H groups in total. The number of pyridine rings is 2. The Morgan fingerprint density at radius 3 is 2.67 bits per heavy atom. The molecule has 36 heavy (non-hydrogen) atoms. The summed E-state index contributed by atoms with van der Waals surface area (Å²) in [6.45, 7) is 7.12. The van der Waals surface area contributed by atoms with E-state index in [-0.39, 0.29) is 29.0 Å². The smallest absolute Gasteiger partial charge is 0.278 e. The van der Waals surface area contributed by atoms with E-state index in [1.165, 1.54) is 4.40 Å². The van der Waals surface area contributed by atoms with E-state index in [1.807, 2.05) is 51.1 Å². The molecule has 0 fully saturated rings.